The number of hydrogen-bond acceptors (Lipinski definition) is 5. The Morgan fingerprint density at radius 2 is 2.21 bits per heavy atom. The lowest BCUT2D eigenvalue weighted by Crippen LogP contribution is -1.99. The maximum absolute atomic E-state index is 4.66. The molecule has 0 spiro atoms. The lowest BCUT2D eigenvalue weighted by atomic mass is 10.3. The average molecular weight is 273 g/mol. The van der Waals surface area contributed by atoms with Gasteiger partial charge in [0.15, 0.2) is 5.82 Å². The molecule has 0 aromatic carbocycles. The summed E-state index contributed by atoms with van der Waals surface area (Å²) >= 11 is 1.72. The Labute approximate surface area is 115 Å². The predicted octanol–water partition coefficient (Wildman–Crippen LogP) is 2.70. The number of nitrogens with zero attached hydrogens (tertiary/aromatic N) is 4. The van der Waals surface area contributed by atoms with Crippen LogP contribution in [0.2, 0.25) is 0 Å². The van der Waals surface area contributed by atoms with Gasteiger partial charge >= 0.3 is 0 Å². The van der Waals surface area contributed by atoms with E-state index < -0.39 is 0 Å². The van der Waals surface area contributed by atoms with Crippen molar-refractivity contribution in [2.45, 2.75) is 13.3 Å². The standard InChI is InChI=1S/C13H15N5S/c1-4-8-5-9-11(14-2)16-12(17-13(9)19-8)10-6-15-7-18(10)3/h5-7H,4H2,1-3H3,(H,14,16,17). The molecule has 0 saturated carbocycles. The monoisotopic (exact) mass is 273 g/mol. The van der Waals surface area contributed by atoms with Gasteiger partial charge in [-0.1, -0.05) is 6.92 Å². The molecule has 0 aliphatic rings. The van der Waals surface area contributed by atoms with Crippen molar-refractivity contribution >= 4 is 27.4 Å². The van der Waals surface area contributed by atoms with Crippen molar-refractivity contribution in [2.75, 3.05) is 12.4 Å². The van der Waals surface area contributed by atoms with E-state index in [1.54, 1.807) is 23.9 Å². The van der Waals surface area contributed by atoms with E-state index in [1.807, 2.05) is 18.7 Å². The highest BCUT2D eigenvalue weighted by atomic mass is 32.1. The van der Waals surface area contributed by atoms with Gasteiger partial charge in [-0.15, -0.1) is 11.3 Å². The van der Waals surface area contributed by atoms with Crippen molar-refractivity contribution in [3.8, 4) is 11.5 Å². The van der Waals surface area contributed by atoms with Crippen LogP contribution in [-0.2, 0) is 13.5 Å². The number of rotatable bonds is 3. The molecule has 6 heteroatoms. The number of aryl methyl sites for hydroxylation is 2. The molecule has 0 aliphatic heterocycles. The van der Waals surface area contributed by atoms with E-state index in [4.69, 9.17) is 0 Å². The first-order chi connectivity index (χ1) is 9.22. The van der Waals surface area contributed by atoms with Crippen molar-refractivity contribution < 1.29 is 0 Å². The molecule has 0 aliphatic carbocycles. The van der Waals surface area contributed by atoms with Crippen molar-refractivity contribution in [2.24, 2.45) is 7.05 Å². The molecule has 0 saturated heterocycles. The minimum Gasteiger partial charge on any atom is -0.372 e. The third kappa shape index (κ3) is 1.98. The zero-order valence-electron chi connectivity index (χ0n) is 11.1. The van der Waals surface area contributed by atoms with Crippen LogP contribution in [-0.4, -0.2) is 26.6 Å². The van der Waals surface area contributed by atoms with Crippen molar-refractivity contribution in [1.82, 2.24) is 19.5 Å². The molecule has 98 valence electrons. The van der Waals surface area contributed by atoms with E-state index in [9.17, 15) is 0 Å². The fourth-order valence-electron chi connectivity index (χ4n) is 2.02. The van der Waals surface area contributed by atoms with Gasteiger partial charge in [-0.25, -0.2) is 15.0 Å². The highest BCUT2D eigenvalue weighted by molar-refractivity contribution is 7.18. The maximum Gasteiger partial charge on any atom is 0.181 e. The number of anilines is 1. The molecule has 0 unspecified atom stereocenters. The Hall–Kier alpha value is -1.95. The highest BCUT2D eigenvalue weighted by Gasteiger charge is 2.13. The molecule has 3 heterocycles. The van der Waals surface area contributed by atoms with Gasteiger partial charge < -0.3 is 9.88 Å². The van der Waals surface area contributed by atoms with E-state index in [2.05, 4.69) is 33.3 Å². The quantitative estimate of drug-likeness (QED) is 0.797. The van der Waals surface area contributed by atoms with Gasteiger partial charge in [-0.2, -0.15) is 0 Å². The van der Waals surface area contributed by atoms with Crippen LogP contribution < -0.4 is 5.32 Å². The van der Waals surface area contributed by atoms with Crippen LogP contribution in [0.15, 0.2) is 18.6 Å². The van der Waals surface area contributed by atoms with Crippen LogP contribution in [0.3, 0.4) is 0 Å². The Morgan fingerprint density at radius 3 is 2.84 bits per heavy atom. The van der Waals surface area contributed by atoms with Crippen LogP contribution in [0.5, 0.6) is 0 Å². The summed E-state index contributed by atoms with van der Waals surface area (Å²) in [7, 11) is 3.83. The fourth-order valence-corrected chi connectivity index (χ4v) is 2.99. The Balaban J connectivity index is 2.25. The lowest BCUT2D eigenvalue weighted by Gasteiger charge is -2.05. The first-order valence-electron chi connectivity index (χ1n) is 6.17. The Bertz CT molecular complexity index is 728. The number of thiophene rings is 1. The van der Waals surface area contributed by atoms with Gasteiger partial charge in [0.05, 0.1) is 17.9 Å². The lowest BCUT2D eigenvalue weighted by molar-refractivity contribution is 0.911. The Morgan fingerprint density at radius 1 is 1.37 bits per heavy atom. The second-order valence-electron chi connectivity index (χ2n) is 4.32. The summed E-state index contributed by atoms with van der Waals surface area (Å²) in [5.74, 6) is 1.58. The molecule has 0 atom stereocenters. The van der Waals surface area contributed by atoms with E-state index >= 15 is 0 Å². The van der Waals surface area contributed by atoms with Crippen LogP contribution in [0, 0.1) is 0 Å². The molecule has 3 aromatic rings. The highest BCUT2D eigenvalue weighted by Crippen LogP contribution is 2.31. The molecule has 0 fully saturated rings. The number of imidazole rings is 1. The van der Waals surface area contributed by atoms with Crippen molar-refractivity contribution in [3.05, 3.63) is 23.5 Å². The summed E-state index contributed by atoms with van der Waals surface area (Å²) in [4.78, 5) is 15.7. The summed E-state index contributed by atoms with van der Waals surface area (Å²) < 4.78 is 1.93. The molecule has 0 amide bonds. The first kappa shape index (κ1) is 12.1. The van der Waals surface area contributed by atoms with Gasteiger partial charge in [-0.05, 0) is 12.5 Å². The summed E-state index contributed by atoms with van der Waals surface area (Å²) in [6.45, 7) is 2.15. The number of fused-ring (bicyclic) bond motifs is 1. The number of hydrogen-bond donors (Lipinski definition) is 1. The third-order valence-electron chi connectivity index (χ3n) is 3.07. The Kier molecular flexibility index (Phi) is 2.94. The molecule has 19 heavy (non-hydrogen) atoms. The average Bonchev–Trinajstić information content (AvgIpc) is 3.02. The summed E-state index contributed by atoms with van der Waals surface area (Å²) in [6, 6.07) is 2.17. The van der Waals surface area contributed by atoms with Crippen LogP contribution in [0.1, 0.15) is 11.8 Å². The van der Waals surface area contributed by atoms with Crippen molar-refractivity contribution in [3.63, 3.8) is 0 Å². The third-order valence-corrected chi connectivity index (χ3v) is 4.25. The van der Waals surface area contributed by atoms with Gasteiger partial charge in [0.2, 0.25) is 0 Å². The van der Waals surface area contributed by atoms with E-state index in [1.165, 1.54) is 4.88 Å². The fraction of sp³-hybridized carbons (Fsp3) is 0.308. The van der Waals surface area contributed by atoms with E-state index in [-0.39, 0.29) is 0 Å². The molecule has 1 N–H and O–H groups in total. The molecule has 3 rings (SSSR count). The van der Waals surface area contributed by atoms with Gasteiger partial charge in [0, 0.05) is 19.0 Å². The van der Waals surface area contributed by atoms with Gasteiger partial charge in [0.1, 0.15) is 16.3 Å². The number of aromatic nitrogens is 4. The molecule has 5 nitrogen and oxygen atoms in total. The smallest absolute Gasteiger partial charge is 0.181 e. The number of nitrogens with one attached hydrogen (secondary N) is 1. The van der Waals surface area contributed by atoms with Crippen LogP contribution in [0.25, 0.3) is 21.7 Å². The second kappa shape index (κ2) is 4.62. The zero-order valence-corrected chi connectivity index (χ0v) is 12.0. The van der Waals surface area contributed by atoms with Gasteiger partial charge in [-0.3, -0.25) is 0 Å². The molecular weight excluding hydrogens is 258 g/mol. The second-order valence-corrected chi connectivity index (χ2v) is 5.44. The first-order valence-corrected chi connectivity index (χ1v) is 6.99. The maximum atomic E-state index is 4.66. The largest absolute Gasteiger partial charge is 0.372 e. The molecule has 3 aromatic heterocycles. The van der Waals surface area contributed by atoms with Gasteiger partial charge in [0.25, 0.3) is 0 Å². The minimum absolute atomic E-state index is 0.710. The van der Waals surface area contributed by atoms with Crippen LogP contribution in [0.4, 0.5) is 5.82 Å². The summed E-state index contributed by atoms with van der Waals surface area (Å²) in [5, 5.41) is 4.25. The normalized spacial score (nSPS) is 11.1. The molecule has 0 radical (unpaired) electrons. The SMILES string of the molecule is CCc1cc2c(NC)nc(-c3cncn3C)nc2s1. The zero-order chi connectivity index (χ0) is 13.4. The topological polar surface area (TPSA) is 55.6 Å². The summed E-state index contributed by atoms with van der Waals surface area (Å²) in [5.41, 5.74) is 0.921. The molecule has 0 bridgehead atoms. The predicted molar refractivity (Wildman–Crippen MR) is 78.5 cm³/mol. The van der Waals surface area contributed by atoms with Crippen LogP contribution >= 0.6 is 11.3 Å². The minimum atomic E-state index is 0.710. The van der Waals surface area contributed by atoms with E-state index in [0.717, 1.165) is 28.1 Å². The molecular formula is C13H15N5S. The summed E-state index contributed by atoms with van der Waals surface area (Å²) in [6.07, 6.45) is 4.56. The van der Waals surface area contributed by atoms with Crippen molar-refractivity contribution in [1.29, 1.82) is 0 Å². The van der Waals surface area contributed by atoms with E-state index in [0.29, 0.717) is 5.82 Å².